The molecule has 5 heterocycles. The van der Waals surface area contributed by atoms with Gasteiger partial charge >= 0.3 is 0 Å². The van der Waals surface area contributed by atoms with E-state index < -0.39 is 0 Å². The van der Waals surface area contributed by atoms with Crippen LogP contribution >= 0.6 is 15.9 Å². The van der Waals surface area contributed by atoms with E-state index in [-0.39, 0.29) is 5.79 Å². The van der Waals surface area contributed by atoms with Gasteiger partial charge in [-0.1, -0.05) is 22.0 Å². The Bertz CT molecular complexity index is 1230. The van der Waals surface area contributed by atoms with Gasteiger partial charge in [-0.3, -0.25) is 0 Å². The lowest BCUT2D eigenvalue weighted by Crippen LogP contribution is -2.45. The Morgan fingerprint density at radius 1 is 1.00 bits per heavy atom. The van der Waals surface area contributed by atoms with Crippen LogP contribution in [0.2, 0.25) is 0 Å². The lowest BCUT2D eigenvalue weighted by molar-refractivity contribution is -0.169. The first kappa shape index (κ1) is 21.5. The number of hydrogen-bond acceptors (Lipinski definition) is 8. The molecule has 2 fully saturated rings. The number of fused-ring (bicyclic) bond motifs is 1. The Hall–Kier alpha value is -3.01. The third-order valence-electron chi connectivity index (χ3n) is 6.69. The van der Waals surface area contributed by atoms with E-state index in [9.17, 15) is 0 Å². The Labute approximate surface area is 206 Å². The first-order chi connectivity index (χ1) is 16.6. The molecule has 0 saturated carbocycles. The van der Waals surface area contributed by atoms with E-state index in [1.54, 1.807) is 0 Å². The molecule has 0 radical (unpaired) electrons. The van der Waals surface area contributed by atoms with E-state index in [1.807, 2.05) is 18.3 Å². The Morgan fingerprint density at radius 2 is 1.82 bits per heavy atom. The molecule has 2 aromatic heterocycles. The molecule has 3 aliphatic rings. The van der Waals surface area contributed by atoms with Crippen molar-refractivity contribution in [2.24, 2.45) is 0 Å². The van der Waals surface area contributed by atoms with Crippen molar-refractivity contribution in [3.8, 4) is 0 Å². The van der Waals surface area contributed by atoms with Crippen LogP contribution in [0.3, 0.4) is 0 Å². The molecule has 3 aliphatic heterocycles. The Kier molecular flexibility index (Phi) is 5.47. The number of halogens is 1. The minimum Gasteiger partial charge on any atom is -0.382 e. The van der Waals surface area contributed by atoms with Crippen LogP contribution in [-0.2, 0) is 9.47 Å². The molecule has 9 heteroatoms. The summed E-state index contributed by atoms with van der Waals surface area (Å²) in [5, 5.41) is 0. The zero-order valence-electron chi connectivity index (χ0n) is 18.7. The molecule has 2 saturated heterocycles. The van der Waals surface area contributed by atoms with Crippen molar-refractivity contribution < 1.29 is 9.47 Å². The van der Waals surface area contributed by atoms with Crippen molar-refractivity contribution in [2.45, 2.75) is 18.6 Å². The number of pyridine rings is 1. The molecule has 1 aromatic carbocycles. The third kappa shape index (κ3) is 3.93. The highest BCUT2D eigenvalue weighted by Crippen LogP contribution is 2.40. The second-order valence-electron chi connectivity index (χ2n) is 8.73. The van der Waals surface area contributed by atoms with Gasteiger partial charge in [0.1, 0.15) is 17.8 Å². The van der Waals surface area contributed by atoms with Crippen molar-refractivity contribution in [3.63, 3.8) is 0 Å². The van der Waals surface area contributed by atoms with Crippen molar-refractivity contribution in [1.82, 2.24) is 15.0 Å². The molecule has 34 heavy (non-hydrogen) atoms. The number of nitrogens with zero attached hydrogens (tertiary/aromatic N) is 5. The Balaban J connectivity index is 1.27. The highest BCUT2D eigenvalue weighted by molar-refractivity contribution is 9.10. The van der Waals surface area contributed by atoms with Gasteiger partial charge in [0, 0.05) is 48.8 Å². The van der Waals surface area contributed by atoms with Gasteiger partial charge in [0.05, 0.1) is 18.9 Å². The topological polar surface area (TPSA) is 89.6 Å². The first-order valence-corrected chi connectivity index (χ1v) is 12.2. The number of hydrogen-bond donors (Lipinski definition) is 1. The van der Waals surface area contributed by atoms with Crippen molar-refractivity contribution in [2.75, 3.05) is 48.4 Å². The quantitative estimate of drug-likeness (QED) is 0.548. The lowest BCUT2D eigenvalue weighted by atomic mass is 10.00. The van der Waals surface area contributed by atoms with Gasteiger partial charge in [-0.05, 0) is 47.5 Å². The minimum absolute atomic E-state index is 0.379. The molecule has 0 bridgehead atoms. The predicted molar refractivity (Wildman–Crippen MR) is 136 cm³/mol. The van der Waals surface area contributed by atoms with Gasteiger partial charge in [-0.15, -0.1) is 0 Å². The molecule has 0 amide bonds. The highest BCUT2D eigenvalue weighted by Gasteiger charge is 2.40. The number of aromatic nitrogens is 3. The predicted octanol–water partition coefficient (Wildman–Crippen LogP) is 4.25. The smallest absolute Gasteiger partial charge is 0.171 e. The van der Waals surface area contributed by atoms with Crippen LogP contribution in [0.5, 0.6) is 0 Å². The molecule has 1 spiro atoms. The van der Waals surface area contributed by atoms with Gasteiger partial charge in [0.15, 0.2) is 11.6 Å². The van der Waals surface area contributed by atoms with E-state index in [0.29, 0.717) is 25.6 Å². The molecule has 2 N–H and O–H groups in total. The molecule has 8 nitrogen and oxygen atoms in total. The fourth-order valence-electron chi connectivity index (χ4n) is 4.91. The van der Waals surface area contributed by atoms with Crippen molar-refractivity contribution in [1.29, 1.82) is 0 Å². The fourth-order valence-corrected chi connectivity index (χ4v) is 5.30. The molecule has 0 unspecified atom stereocenters. The van der Waals surface area contributed by atoms with Crippen molar-refractivity contribution in [3.05, 3.63) is 64.7 Å². The van der Waals surface area contributed by atoms with Gasteiger partial charge in [0.2, 0.25) is 0 Å². The number of rotatable bonds is 3. The average molecular weight is 521 g/mol. The van der Waals surface area contributed by atoms with Crippen LogP contribution < -0.4 is 15.5 Å². The molecule has 6 rings (SSSR count). The molecule has 3 aromatic rings. The minimum atomic E-state index is -0.379. The van der Waals surface area contributed by atoms with Crippen LogP contribution in [0.15, 0.2) is 53.4 Å². The third-order valence-corrected chi connectivity index (χ3v) is 7.18. The van der Waals surface area contributed by atoms with E-state index in [4.69, 9.17) is 20.2 Å². The number of ether oxygens (including phenoxy) is 2. The van der Waals surface area contributed by atoms with E-state index in [0.717, 1.165) is 64.4 Å². The van der Waals surface area contributed by atoms with E-state index in [1.165, 1.54) is 6.33 Å². The number of nitrogen functional groups attached to an aromatic ring is 1. The number of piperidine rings is 1. The Morgan fingerprint density at radius 3 is 2.56 bits per heavy atom. The summed E-state index contributed by atoms with van der Waals surface area (Å²) >= 11 is 3.58. The van der Waals surface area contributed by atoms with Crippen LogP contribution in [0, 0.1) is 0 Å². The fraction of sp³-hybridized carbons (Fsp3) is 0.320. The van der Waals surface area contributed by atoms with Crippen molar-refractivity contribution >= 4 is 50.6 Å². The summed E-state index contributed by atoms with van der Waals surface area (Å²) in [5.74, 6) is 1.06. The number of nitrogens with two attached hydrogens (primary N) is 1. The standard InChI is InChI=1S/C25H25BrN6O2/c26-19-2-1-3-20(13-19)32-15-18(12-21-23(32)24(27)30-16-29-21)17-4-5-22(28-14-17)31-8-6-25(7-9-31)33-10-11-34-25/h1-5,12-14,16H,6-11,15H2,(H2,27,29,30). The van der Waals surface area contributed by atoms with Crippen LogP contribution in [0.25, 0.3) is 11.6 Å². The van der Waals surface area contributed by atoms with Gasteiger partial charge in [-0.2, -0.15) is 0 Å². The van der Waals surface area contributed by atoms with Gasteiger partial charge < -0.3 is 25.0 Å². The zero-order valence-corrected chi connectivity index (χ0v) is 20.2. The molecule has 174 valence electrons. The van der Waals surface area contributed by atoms with Crippen LogP contribution in [0.4, 0.5) is 23.0 Å². The SMILES string of the molecule is Nc1ncnc2c1N(c1cccc(Br)c1)CC(c1ccc(N3CCC4(CC3)OCCO4)nc1)=C2. The number of anilines is 4. The highest BCUT2D eigenvalue weighted by atomic mass is 79.9. The maximum Gasteiger partial charge on any atom is 0.171 e. The number of benzene rings is 1. The second kappa shape index (κ2) is 8.65. The van der Waals surface area contributed by atoms with Gasteiger partial charge in [0.25, 0.3) is 0 Å². The first-order valence-electron chi connectivity index (χ1n) is 11.4. The molecule has 0 atom stereocenters. The summed E-state index contributed by atoms with van der Waals surface area (Å²) in [4.78, 5) is 18.0. The zero-order chi connectivity index (χ0) is 23.1. The maximum absolute atomic E-state index is 6.27. The largest absolute Gasteiger partial charge is 0.382 e. The summed E-state index contributed by atoms with van der Waals surface area (Å²) in [6.07, 6.45) is 7.26. The summed E-state index contributed by atoms with van der Waals surface area (Å²) in [7, 11) is 0. The lowest BCUT2D eigenvalue weighted by Gasteiger charge is -2.38. The van der Waals surface area contributed by atoms with E-state index >= 15 is 0 Å². The normalized spacial score (nSPS) is 19.3. The van der Waals surface area contributed by atoms with E-state index in [2.05, 4.69) is 66.0 Å². The van der Waals surface area contributed by atoms with Crippen LogP contribution in [-0.4, -0.2) is 53.6 Å². The van der Waals surface area contributed by atoms with Gasteiger partial charge in [-0.25, -0.2) is 15.0 Å². The monoisotopic (exact) mass is 520 g/mol. The average Bonchev–Trinajstić information content (AvgIpc) is 3.32. The summed E-state index contributed by atoms with van der Waals surface area (Å²) in [6.45, 7) is 3.77. The molecule has 0 aliphatic carbocycles. The second-order valence-corrected chi connectivity index (χ2v) is 9.64. The summed E-state index contributed by atoms with van der Waals surface area (Å²) in [5.41, 5.74) is 11.1. The summed E-state index contributed by atoms with van der Waals surface area (Å²) in [6, 6.07) is 12.4. The maximum atomic E-state index is 6.27. The molecular formula is C25H25BrN6O2. The summed E-state index contributed by atoms with van der Waals surface area (Å²) < 4.78 is 12.7. The van der Waals surface area contributed by atoms with Crippen LogP contribution in [0.1, 0.15) is 24.1 Å². The molecular weight excluding hydrogens is 496 g/mol.